The van der Waals surface area contributed by atoms with Crippen LogP contribution >= 0.6 is 0 Å². The van der Waals surface area contributed by atoms with Crippen LogP contribution in [0.1, 0.15) is 19.4 Å². The summed E-state index contributed by atoms with van der Waals surface area (Å²) in [6.07, 6.45) is 0. The van der Waals surface area contributed by atoms with E-state index in [1.54, 1.807) is 17.9 Å². The van der Waals surface area contributed by atoms with Gasteiger partial charge in [-0.2, -0.15) is 4.98 Å². The van der Waals surface area contributed by atoms with Gasteiger partial charge in [0.05, 0.1) is 12.6 Å². The molecule has 8 heteroatoms. The lowest BCUT2D eigenvalue weighted by atomic mass is 9.98. The summed E-state index contributed by atoms with van der Waals surface area (Å²) in [6.45, 7) is 8.79. The summed E-state index contributed by atoms with van der Waals surface area (Å²) in [4.78, 5) is 9.34. The van der Waals surface area contributed by atoms with Crippen LogP contribution in [0.5, 0.6) is 5.75 Å². The SMILES string of the molecule is COc1ccc(N2CCN(c3nc(Nc4ccc(F)cc4C)n(C)n3)CC2(C)C)cc1. The summed E-state index contributed by atoms with van der Waals surface area (Å²) in [5, 5.41) is 7.89. The van der Waals surface area contributed by atoms with Gasteiger partial charge in [0, 0.05) is 38.1 Å². The highest BCUT2D eigenvalue weighted by atomic mass is 19.1. The van der Waals surface area contributed by atoms with Crippen molar-refractivity contribution in [1.29, 1.82) is 0 Å². The van der Waals surface area contributed by atoms with Gasteiger partial charge in [-0.3, -0.25) is 0 Å². The van der Waals surface area contributed by atoms with Crippen molar-refractivity contribution < 1.29 is 9.13 Å². The van der Waals surface area contributed by atoms with Crippen LogP contribution in [0.3, 0.4) is 0 Å². The van der Waals surface area contributed by atoms with Crippen LogP contribution in [0.15, 0.2) is 42.5 Å². The second-order valence-electron chi connectivity index (χ2n) is 8.53. The second kappa shape index (κ2) is 8.09. The molecule has 1 fully saturated rings. The minimum Gasteiger partial charge on any atom is -0.497 e. The van der Waals surface area contributed by atoms with E-state index < -0.39 is 0 Å². The average Bonchev–Trinajstić information content (AvgIpc) is 3.10. The lowest BCUT2D eigenvalue weighted by molar-refractivity contribution is 0.407. The van der Waals surface area contributed by atoms with E-state index in [0.29, 0.717) is 11.9 Å². The highest BCUT2D eigenvalue weighted by Gasteiger charge is 2.35. The fourth-order valence-corrected chi connectivity index (χ4v) is 4.07. The number of rotatable bonds is 5. The van der Waals surface area contributed by atoms with E-state index >= 15 is 0 Å². The molecule has 0 bridgehead atoms. The van der Waals surface area contributed by atoms with Gasteiger partial charge >= 0.3 is 0 Å². The van der Waals surface area contributed by atoms with Gasteiger partial charge in [-0.1, -0.05) is 0 Å². The number of anilines is 4. The molecule has 164 valence electrons. The molecular formula is C23H29FN6O. The summed E-state index contributed by atoms with van der Waals surface area (Å²) >= 11 is 0. The molecule has 1 N–H and O–H groups in total. The van der Waals surface area contributed by atoms with Crippen molar-refractivity contribution in [2.45, 2.75) is 26.3 Å². The first kappa shape index (κ1) is 21.0. The minimum absolute atomic E-state index is 0.104. The molecule has 0 amide bonds. The number of methoxy groups -OCH3 is 1. The molecule has 1 aliphatic heterocycles. The number of nitrogens with zero attached hydrogens (tertiary/aromatic N) is 5. The van der Waals surface area contributed by atoms with E-state index in [-0.39, 0.29) is 11.4 Å². The summed E-state index contributed by atoms with van der Waals surface area (Å²) in [6, 6.07) is 12.8. The minimum atomic E-state index is -0.251. The maximum Gasteiger partial charge on any atom is 0.246 e. The zero-order valence-electron chi connectivity index (χ0n) is 18.7. The van der Waals surface area contributed by atoms with Crippen molar-refractivity contribution in [1.82, 2.24) is 14.8 Å². The van der Waals surface area contributed by atoms with Crippen molar-refractivity contribution in [3.63, 3.8) is 0 Å². The molecule has 3 aromatic rings. The summed E-state index contributed by atoms with van der Waals surface area (Å²) in [7, 11) is 3.54. The number of halogens is 1. The molecular weight excluding hydrogens is 395 g/mol. The molecule has 2 heterocycles. The van der Waals surface area contributed by atoms with E-state index in [4.69, 9.17) is 9.72 Å². The van der Waals surface area contributed by atoms with Gasteiger partial charge < -0.3 is 19.9 Å². The van der Waals surface area contributed by atoms with Crippen molar-refractivity contribution in [2.24, 2.45) is 7.05 Å². The Labute approximate surface area is 182 Å². The summed E-state index contributed by atoms with van der Waals surface area (Å²) in [5.41, 5.74) is 2.70. The highest BCUT2D eigenvalue weighted by Crippen LogP contribution is 2.31. The Morgan fingerprint density at radius 2 is 1.84 bits per heavy atom. The fourth-order valence-electron chi connectivity index (χ4n) is 4.07. The van der Waals surface area contributed by atoms with E-state index in [2.05, 4.69) is 46.2 Å². The predicted molar refractivity (Wildman–Crippen MR) is 122 cm³/mol. The van der Waals surface area contributed by atoms with Gasteiger partial charge in [0.25, 0.3) is 0 Å². The highest BCUT2D eigenvalue weighted by molar-refractivity contribution is 5.59. The molecule has 0 atom stereocenters. The Morgan fingerprint density at radius 3 is 2.48 bits per heavy atom. The van der Waals surface area contributed by atoms with Crippen LogP contribution in [-0.2, 0) is 7.05 Å². The molecule has 1 aliphatic rings. The maximum atomic E-state index is 13.4. The maximum absolute atomic E-state index is 13.4. The van der Waals surface area contributed by atoms with Gasteiger partial charge in [0.1, 0.15) is 11.6 Å². The standard InChI is InChI=1S/C23H29FN6O/c1-16-14-17(24)6-11-20(16)25-21-26-22(27-28(21)4)29-12-13-30(23(2,3)15-29)18-7-9-19(31-5)10-8-18/h6-11,14H,12-13,15H2,1-5H3,(H,25,26,27). The fraction of sp³-hybridized carbons (Fsp3) is 0.391. The van der Waals surface area contributed by atoms with Crippen molar-refractivity contribution in [2.75, 3.05) is 41.9 Å². The Hall–Kier alpha value is -3.29. The van der Waals surface area contributed by atoms with E-state index in [1.807, 2.05) is 26.1 Å². The number of ether oxygens (including phenoxy) is 1. The molecule has 2 aromatic carbocycles. The molecule has 1 saturated heterocycles. The van der Waals surface area contributed by atoms with Gasteiger partial charge in [0.2, 0.25) is 11.9 Å². The van der Waals surface area contributed by atoms with Crippen LogP contribution in [0.2, 0.25) is 0 Å². The van der Waals surface area contributed by atoms with Crippen molar-refractivity contribution in [3.8, 4) is 5.75 Å². The van der Waals surface area contributed by atoms with Crippen LogP contribution in [0.4, 0.5) is 27.7 Å². The quantitative estimate of drug-likeness (QED) is 0.665. The van der Waals surface area contributed by atoms with Crippen molar-refractivity contribution in [3.05, 3.63) is 53.8 Å². The largest absolute Gasteiger partial charge is 0.497 e. The molecule has 31 heavy (non-hydrogen) atoms. The van der Waals surface area contributed by atoms with Gasteiger partial charge in [-0.25, -0.2) is 9.07 Å². The first-order valence-electron chi connectivity index (χ1n) is 10.4. The third-order valence-corrected chi connectivity index (χ3v) is 5.76. The summed E-state index contributed by atoms with van der Waals surface area (Å²) < 4.78 is 20.4. The summed E-state index contributed by atoms with van der Waals surface area (Å²) in [5.74, 6) is 1.92. The molecule has 4 rings (SSSR count). The number of hydrogen-bond donors (Lipinski definition) is 1. The van der Waals surface area contributed by atoms with E-state index in [9.17, 15) is 4.39 Å². The Kier molecular flexibility index (Phi) is 5.47. The Morgan fingerprint density at radius 1 is 1.10 bits per heavy atom. The lowest BCUT2D eigenvalue weighted by Crippen LogP contribution is -2.60. The first-order chi connectivity index (χ1) is 14.8. The van der Waals surface area contributed by atoms with Crippen LogP contribution < -0.4 is 19.9 Å². The monoisotopic (exact) mass is 424 g/mol. The number of benzene rings is 2. The second-order valence-corrected chi connectivity index (χ2v) is 8.53. The smallest absolute Gasteiger partial charge is 0.246 e. The van der Waals surface area contributed by atoms with Crippen LogP contribution in [0, 0.1) is 12.7 Å². The number of piperazine rings is 1. The molecule has 1 aromatic heterocycles. The molecule has 7 nitrogen and oxygen atoms in total. The van der Waals surface area contributed by atoms with Crippen LogP contribution in [-0.4, -0.2) is 47.0 Å². The lowest BCUT2D eigenvalue weighted by Gasteiger charge is -2.48. The third kappa shape index (κ3) is 4.28. The predicted octanol–water partition coefficient (Wildman–Crippen LogP) is 4.12. The van der Waals surface area contributed by atoms with Gasteiger partial charge in [0.15, 0.2) is 0 Å². The van der Waals surface area contributed by atoms with Gasteiger partial charge in [-0.15, -0.1) is 5.10 Å². The Balaban J connectivity index is 1.50. The topological polar surface area (TPSA) is 58.5 Å². The van der Waals surface area contributed by atoms with Crippen molar-refractivity contribution >= 4 is 23.3 Å². The van der Waals surface area contributed by atoms with E-state index in [1.165, 1.54) is 17.8 Å². The first-order valence-corrected chi connectivity index (χ1v) is 10.4. The molecule has 0 unspecified atom stereocenters. The normalized spacial score (nSPS) is 15.8. The molecule has 0 radical (unpaired) electrons. The number of nitrogens with one attached hydrogen (secondary N) is 1. The third-order valence-electron chi connectivity index (χ3n) is 5.76. The molecule has 0 saturated carbocycles. The zero-order valence-corrected chi connectivity index (χ0v) is 18.7. The number of hydrogen-bond acceptors (Lipinski definition) is 6. The average molecular weight is 425 g/mol. The number of aromatic nitrogens is 3. The molecule has 0 aliphatic carbocycles. The molecule has 0 spiro atoms. The zero-order chi connectivity index (χ0) is 22.2. The van der Waals surface area contributed by atoms with Crippen LogP contribution in [0.25, 0.3) is 0 Å². The van der Waals surface area contributed by atoms with Gasteiger partial charge in [-0.05, 0) is 68.8 Å². The number of aryl methyl sites for hydroxylation is 2. The Bertz CT molecular complexity index is 1060. The van der Waals surface area contributed by atoms with E-state index in [0.717, 1.165) is 36.6 Å².